The summed E-state index contributed by atoms with van der Waals surface area (Å²) in [7, 11) is 0. The Balaban J connectivity index is 0. The Hall–Kier alpha value is 0.880. The summed E-state index contributed by atoms with van der Waals surface area (Å²) in [5.41, 5.74) is 0. The summed E-state index contributed by atoms with van der Waals surface area (Å²) < 4.78 is 5.01. The van der Waals surface area contributed by atoms with Gasteiger partial charge in [0.15, 0.2) is 0 Å². The normalized spacial score (nSPS) is 18.0. The van der Waals surface area contributed by atoms with Gasteiger partial charge in [0, 0.05) is 13.1 Å². The second-order valence-corrected chi connectivity index (χ2v) is 1.36. The summed E-state index contributed by atoms with van der Waals surface area (Å²) in [6.45, 7) is 3.83. The van der Waals surface area contributed by atoms with Crippen molar-refractivity contribution in [2.75, 3.05) is 26.3 Å². The topological polar surface area (TPSA) is 51.3 Å². The van der Waals surface area contributed by atoms with E-state index in [-0.39, 0.29) is 35.0 Å². The molecule has 44 valence electrons. The van der Waals surface area contributed by atoms with Crippen LogP contribution in [-0.4, -0.2) is 31.8 Å². The molecule has 0 aliphatic carbocycles. The van der Waals surface area contributed by atoms with Gasteiger partial charge in [0.05, 0.1) is 13.2 Å². The first-order chi connectivity index (χ1) is 3.00. The predicted molar refractivity (Wildman–Crippen MR) is 25.6 cm³/mol. The molecule has 1 aliphatic rings. The van der Waals surface area contributed by atoms with Crippen LogP contribution in [0.2, 0.25) is 0 Å². The average Bonchev–Trinajstić information content (AvgIpc) is 1.72. The Morgan fingerprint density at radius 3 is 1.75 bits per heavy atom. The van der Waals surface area contributed by atoms with Gasteiger partial charge in [-0.2, -0.15) is 0 Å². The number of ether oxygens (including phenoxy) is 1. The van der Waals surface area contributed by atoms with Crippen molar-refractivity contribution >= 4 is 0 Å². The molecule has 0 radical (unpaired) electrons. The number of rotatable bonds is 0. The number of hydrogen-bond donors (Lipinski definition) is 1. The first-order valence-electron chi connectivity index (χ1n) is 2.28. The third-order valence-corrected chi connectivity index (χ3v) is 0.846. The van der Waals surface area contributed by atoms with Crippen molar-refractivity contribution < 1.29 is 39.8 Å². The van der Waals surface area contributed by atoms with Crippen molar-refractivity contribution in [1.82, 2.24) is 5.32 Å². The fourth-order valence-electron chi connectivity index (χ4n) is 0.516. The van der Waals surface area contributed by atoms with Gasteiger partial charge in [-0.1, -0.05) is 0 Å². The maximum atomic E-state index is 5.01. The predicted octanol–water partition coefficient (Wildman–Crippen LogP) is -3.57. The van der Waals surface area contributed by atoms with E-state index in [0.717, 1.165) is 26.3 Å². The molecule has 0 amide bonds. The Morgan fingerprint density at radius 1 is 1.12 bits per heavy atom. The zero-order valence-electron chi connectivity index (χ0n) is 5.18. The molecule has 0 aromatic heterocycles. The smallest absolute Gasteiger partial charge is 0.870 e. The zero-order valence-corrected chi connectivity index (χ0v) is 7.18. The van der Waals surface area contributed by atoms with Crippen LogP contribution in [0.25, 0.3) is 0 Å². The van der Waals surface area contributed by atoms with Crippen molar-refractivity contribution in [1.29, 1.82) is 0 Å². The number of morpholine rings is 1. The van der Waals surface area contributed by atoms with Crippen LogP contribution in [0.5, 0.6) is 0 Å². The summed E-state index contributed by atoms with van der Waals surface area (Å²) in [6.07, 6.45) is 0. The Morgan fingerprint density at radius 2 is 1.62 bits per heavy atom. The van der Waals surface area contributed by atoms with Gasteiger partial charge in [0.2, 0.25) is 0 Å². The van der Waals surface area contributed by atoms with Gasteiger partial charge in [-0.05, 0) is 0 Å². The Bertz CT molecular complexity index is 29.5. The van der Waals surface area contributed by atoms with Crippen molar-refractivity contribution in [3.8, 4) is 0 Å². The summed E-state index contributed by atoms with van der Waals surface area (Å²) in [5, 5.41) is 3.16. The first kappa shape index (κ1) is 11.6. The maximum absolute atomic E-state index is 5.01. The third kappa shape index (κ3) is 5.03. The van der Waals surface area contributed by atoms with E-state index < -0.39 is 0 Å². The molecule has 8 heavy (non-hydrogen) atoms. The minimum atomic E-state index is 0. The second-order valence-electron chi connectivity index (χ2n) is 1.36. The van der Waals surface area contributed by atoms with E-state index in [9.17, 15) is 0 Å². The molecule has 0 aromatic carbocycles. The van der Waals surface area contributed by atoms with Crippen LogP contribution >= 0.6 is 0 Å². The number of nitrogens with one attached hydrogen (secondary N) is 1. The summed E-state index contributed by atoms with van der Waals surface area (Å²) in [6, 6.07) is 0. The molecule has 1 saturated heterocycles. The van der Waals surface area contributed by atoms with Crippen LogP contribution in [0.4, 0.5) is 0 Å². The van der Waals surface area contributed by atoms with E-state index in [1.54, 1.807) is 0 Å². The minimum absolute atomic E-state index is 0. The molecule has 0 bridgehead atoms. The van der Waals surface area contributed by atoms with E-state index in [1.165, 1.54) is 0 Å². The van der Waals surface area contributed by atoms with Crippen LogP contribution in [0.15, 0.2) is 0 Å². The van der Waals surface area contributed by atoms with Gasteiger partial charge in [0.25, 0.3) is 0 Å². The van der Waals surface area contributed by atoms with E-state index in [0.29, 0.717) is 0 Å². The molecular formula is C4H10NNaO2. The average molecular weight is 127 g/mol. The maximum Gasteiger partial charge on any atom is 1.00 e. The standard InChI is InChI=1S/C4H9NO.Na.H2O/c1-3-6-4-2-5-1;;/h5H,1-4H2;;1H2/q;+1;/p-1. The summed E-state index contributed by atoms with van der Waals surface area (Å²) in [5.74, 6) is 0. The molecule has 4 heteroatoms. The Labute approximate surface area is 71.4 Å². The van der Waals surface area contributed by atoms with Crippen LogP contribution < -0.4 is 34.9 Å². The second kappa shape index (κ2) is 7.88. The SMILES string of the molecule is C1COCCN1.[Na+].[OH-]. The largest absolute Gasteiger partial charge is 1.00 e. The van der Waals surface area contributed by atoms with Crippen molar-refractivity contribution in [2.45, 2.75) is 0 Å². The molecule has 3 nitrogen and oxygen atoms in total. The van der Waals surface area contributed by atoms with Gasteiger partial charge in [-0.3, -0.25) is 0 Å². The van der Waals surface area contributed by atoms with Crippen LogP contribution in [0, 0.1) is 0 Å². The monoisotopic (exact) mass is 127 g/mol. The molecule has 2 N–H and O–H groups in total. The van der Waals surface area contributed by atoms with E-state index in [4.69, 9.17) is 4.74 Å². The minimum Gasteiger partial charge on any atom is -0.870 e. The molecule has 1 fully saturated rings. The van der Waals surface area contributed by atoms with Gasteiger partial charge < -0.3 is 15.5 Å². The van der Waals surface area contributed by atoms with Crippen LogP contribution in [0.1, 0.15) is 0 Å². The zero-order chi connectivity index (χ0) is 4.24. The molecule has 0 unspecified atom stereocenters. The van der Waals surface area contributed by atoms with E-state index >= 15 is 0 Å². The molecule has 0 spiro atoms. The van der Waals surface area contributed by atoms with Gasteiger partial charge in [-0.15, -0.1) is 0 Å². The van der Waals surface area contributed by atoms with Gasteiger partial charge >= 0.3 is 29.6 Å². The molecule has 0 atom stereocenters. The first-order valence-corrected chi connectivity index (χ1v) is 2.28. The van der Waals surface area contributed by atoms with Crippen molar-refractivity contribution in [3.63, 3.8) is 0 Å². The summed E-state index contributed by atoms with van der Waals surface area (Å²) >= 11 is 0. The molecule has 1 aliphatic heterocycles. The number of hydrogen-bond acceptors (Lipinski definition) is 3. The van der Waals surface area contributed by atoms with Gasteiger partial charge in [0.1, 0.15) is 0 Å². The Kier molecular flexibility index (Phi) is 11.5. The molecule has 1 heterocycles. The van der Waals surface area contributed by atoms with Crippen molar-refractivity contribution in [3.05, 3.63) is 0 Å². The van der Waals surface area contributed by atoms with Crippen LogP contribution in [0.3, 0.4) is 0 Å². The summed E-state index contributed by atoms with van der Waals surface area (Å²) in [4.78, 5) is 0. The fourth-order valence-corrected chi connectivity index (χ4v) is 0.516. The van der Waals surface area contributed by atoms with Crippen molar-refractivity contribution in [2.24, 2.45) is 0 Å². The molecule has 0 aromatic rings. The quantitative estimate of drug-likeness (QED) is 0.342. The molecule has 0 saturated carbocycles. The van der Waals surface area contributed by atoms with E-state index in [1.807, 2.05) is 0 Å². The third-order valence-electron chi connectivity index (χ3n) is 0.846. The van der Waals surface area contributed by atoms with Gasteiger partial charge in [-0.25, -0.2) is 0 Å². The van der Waals surface area contributed by atoms with E-state index in [2.05, 4.69) is 5.32 Å². The fraction of sp³-hybridized carbons (Fsp3) is 1.00. The van der Waals surface area contributed by atoms with Crippen LogP contribution in [-0.2, 0) is 4.74 Å². The molecular weight excluding hydrogens is 117 g/mol. The molecule has 1 rings (SSSR count).